The minimum atomic E-state index is -0.170. The van der Waals surface area contributed by atoms with Gasteiger partial charge in [0.15, 0.2) is 11.5 Å². The fourth-order valence-electron chi connectivity index (χ4n) is 4.18. The molecule has 2 aromatic carbocycles. The van der Waals surface area contributed by atoms with E-state index in [1.807, 2.05) is 31.2 Å². The summed E-state index contributed by atoms with van der Waals surface area (Å²) in [5.41, 5.74) is 2.08. The molecule has 1 amide bonds. The van der Waals surface area contributed by atoms with Gasteiger partial charge in [0.2, 0.25) is 12.7 Å². The zero-order chi connectivity index (χ0) is 20.5. The lowest BCUT2D eigenvalue weighted by Crippen LogP contribution is -2.48. The van der Waals surface area contributed by atoms with Crippen LogP contribution >= 0.6 is 11.3 Å². The van der Waals surface area contributed by atoms with Crippen LogP contribution in [0.5, 0.6) is 11.5 Å². The van der Waals surface area contributed by atoms with Gasteiger partial charge in [0.25, 0.3) is 0 Å². The number of rotatable bonds is 5. The van der Waals surface area contributed by atoms with Crippen LogP contribution < -0.4 is 14.8 Å². The Hall–Kier alpha value is -2.64. The molecule has 2 aliphatic heterocycles. The Balaban J connectivity index is 1.20. The van der Waals surface area contributed by atoms with E-state index in [1.54, 1.807) is 11.3 Å². The summed E-state index contributed by atoms with van der Waals surface area (Å²) in [4.78, 5) is 19.9. The largest absolute Gasteiger partial charge is 0.454 e. The maximum absolute atomic E-state index is 12.8. The highest BCUT2D eigenvalue weighted by Gasteiger charge is 2.29. The number of hydrogen-bond donors (Lipinski definition) is 1. The predicted molar refractivity (Wildman–Crippen MR) is 117 cm³/mol. The second-order valence-corrected chi connectivity index (χ2v) is 9.00. The molecule has 0 aliphatic carbocycles. The molecule has 1 aromatic heterocycles. The molecule has 0 unspecified atom stereocenters. The summed E-state index contributed by atoms with van der Waals surface area (Å²) < 4.78 is 12.0. The van der Waals surface area contributed by atoms with E-state index in [1.165, 1.54) is 9.71 Å². The normalized spacial score (nSPS) is 19.7. The molecule has 0 bridgehead atoms. The van der Waals surface area contributed by atoms with Gasteiger partial charge in [-0.2, -0.15) is 0 Å². The molecule has 2 aliphatic rings. The molecule has 0 spiro atoms. The lowest BCUT2D eigenvalue weighted by molar-refractivity contribution is -0.126. The van der Waals surface area contributed by atoms with E-state index in [2.05, 4.69) is 28.4 Å². The minimum Gasteiger partial charge on any atom is -0.454 e. The molecule has 2 atom stereocenters. The number of amides is 1. The molecule has 3 heterocycles. The Kier molecular flexibility index (Phi) is 5.31. The first-order valence-corrected chi connectivity index (χ1v) is 11.2. The number of carbonyl (C=O) groups excluding carboxylic acids is 1. The van der Waals surface area contributed by atoms with Gasteiger partial charge in [-0.25, -0.2) is 4.98 Å². The number of fused-ring (bicyclic) bond motifs is 2. The monoisotopic (exact) mass is 423 g/mol. The van der Waals surface area contributed by atoms with Crippen molar-refractivity contribution in [3.63, 3.8) is 0 Å². The highest BCUT2D eigenvalue weighted by Crippen LogP contribution is 2.34. The van der Waals surface area contributed by atoms with Gasteiger partial charge < -0.3 is 14.8 Å². The van der Waals surface area contributed by atoms with E-state index < -0.39 is 0 Å². The van der Waals surface area contributed by atoms with Crippen LogP contribution in [0.3, 0.4) is 0 Å². The molecule has 0 saturated carbocycles. The number of hydrogen-bond acceptors (Lipinski definition) is 6. The summed E-state index contributed by atoms with van der Waals surface area (Å²) in [5.74, 6) is 1.94. The van der Waals surface area contributed by atoms with Gasteiger partial charge in [-0.15, -0.1) is 11.3 Å². The summed E-state index contributed by atoms with van der Waals surface area (Å²) >= 11 is 1.78. The average Bonchev–Trinajstić information content (AvgIpc) is 3.43. The third-order valence-corrected chi connectivity index (χ3v) is 7.14. The van der Waals surface area contributed by atoms with Crippen LogP contribution in [-0.2, 0) is 11.3 Å². The molecule has 7 heteroatoms. The van der Waals surface area contributed by atoms with Crippen LogP contribution in [0.4, 0.5) is 0 Å². The van der Waals surface area contributed by atoms with E-state index in [-0.39, 0.29) is 18.7 Å². The molecule has 0 radical (unpaired) electrons. The number of nitrogens with zero attached hydrogens (tertiary/aromatic N) is 2. The lowest BCUT2D eigenvalue weighted by Gasteiger charge is -2.35. The van der Waals surface area contributed by atoms with Crippen LogP contribution in [0.25, 0.3) is 10.2 Å². The van der Waals surface area contributed by atoms with Crippen LogP contribution in [0.1, 0.15) is 36.3 Å². The van der Waals surface area contributed by atoms with Crippen molar-refractivity contribution in [3.8, 4) is 11.5 Å². The number of benzene rings is 2. The fraction of sp³-hybridized carbons (Fsp3) is 0.391. The zero-order valence-corrected chi connectivity index (χ0v) is 17.8. The van der Waals surface area contributed by atoms with Gasteiger partial charge >= 0.3 is 0 Å². The van der Waals surface area contributed by atoms with Gasteiger partial charge in [0.1, 0.15) is 0 Å². The third kappa shape index (κ3) is 3.87. The number of aromatic nitrogens is 1. The lowest BCUT2D eigenvalue weighted by atomic mass is 9.97. The molecule has 156 valence electrons. The summed E-state index contributed by atoms with van der Waals surface area (Å²) in [5, 5.41) is 4.26. The minimum absolute atomic E-state index is 0.0533. The maximum Gasteiger partial charge on any atom is 0.237 e. The van der Waals surface area contributed by atoms with Crippen molar-refractivity contribution in [3.05, 3.63) is 53.0 Å². The second kappa shape index (κ2) is 8.24. The molecule has 1 N–H and O–H groups in total. The number of likely N-dealkylation sites (tertiary alicyclic amines) is 1. The highest BCUT2D eigenvalue weighted by atomic mass is 32.1. The Bertz CT molecular complexity index is 1030. The molecule has 3 aromatic rings. The number of carbonyl (C=O) groups is 1. The number of thiazole rings is 1. The number of piperidine rings is 1. The van der Waals surface area contributed by atoms with Crippen LogP contribution in [0, 0.1) is 0 Å². The highest BCUT2D eigenvalue weighted by molar-refractivity contribution is 7.18. The standard InChI is InChI=1S/C23H25N3O3S/c1-15(22(27)24-12-16-8-9-19-20(11-16)29-14-28-19)26-10-4-5-17(13-26)23-25-18-6-2-3-7-21(18)30-23/h2-3,6-9,11,15,17H,4-5,10,12-14H2,1H3,(H,24,27)/t15-,17+/m0/s1. The molecular formula is C23H25N3O3S. The summed E-state index contributed by atoms with van der Waals surface area (Å²) in [6, 6.07) is 13.9. The van der Waals surface area contributed by atoms with Crippen molar-refractivity contribution >= 4 is 27.5 Å². The molecule has 6 nitrogen and oxygen atoms in total. The van der Waals surface area contributed by atoms with Gasteiger partial charge in [-0.1, -0.05) is 18.2 Å². The maximum atomic E-state index is 12.8. The van der Waals surface area contributed by atoms with Crippen molar-refractivity contribution in [2.45, 2.75) is 38.3 Å². The van der Waals surface area contributed by atoms with Crippen molar-refractivity contribution in [2.75, 3.05) is 19.9 Å². The first kappa shape index (κ1) is 19.3. The summed E-state index contributed by atoms with van der Waals surface area (Å²) in [6.45, 7) is 4.55. The Labute approximate surface area is 179 Å². The second-order valence-electron chi connectivity index (χ2n) is 7.94. The molecule has 1 fully saturated rings. The van der Waals surface area contributed by atoms with Crippen LogP contribution in [0.2, 0.25) is 0 Å². The van der Waals surface area contributed by atoms with Gasteiger partial charge in [-0.05, 0) is 56.1 Å². The number of ether oxygens (including phenoxy) is 2. The van der Waals surface area contributed by atoms with Crippen LogP contribution in [-0.4, -0.2) is 41.7 Å². The molecular weight excluding hydrogens is 398 g/mol. The average molecular weight is 424 g/mol. The Morgan fingerprint density at radius 3 is 3.03 bits per heavy atom. The smallest absolute Gasteiger partial charge is 0.237 e. The van der Waals surface area contributed by atoms with E-state index in [0.717, 1.165) is 48.5 Å². The van der Waals surface area contributed by atoms with E-state index in [0.29, 0.717) is 12.5 Å². The zero-order valence-electron chi connectivity index (χ0n) is 17.0. The van der Waals surface area contributed by atoms with Crippen molar-refractivity contribution in [2.24, 2.45) is 0 Å². The third-order valence-electron chi connectivity index (χ3n) is 5.94. The quantitative estimate of drug-likeness (QED) is 0.674. The fourth-order valence-corrected chi connectivity index (χ4v) is 5.27. The topological polar surface area (TPSA) is 63.7 Å². The van der Waals surface area contributed by atoms with Crippen molar-refractivity contribution in [1.82, 2.24) is 15.2 Å². The first-order valence-electron chi connectivity index (χ1n) is 10.4. The number of para-hydroxylation sites is 1. The Morgan fingerprint density at radius 2 is 2.13 bits per heavy atom. The van der Waals surface area contributed by atoms with Crippen molar-refractivity contribution < 1.29 is 14.3 Å². The summed E-state index contributed by atoms with van der Waals surface area (Å²) in [6.07, 6.45) is 2.21. The molecule has 30 heavy (non-hydrogen) atoms. The van der Waals surface area contributed by atoms with E-state index in [4.69, 9.17) is 14.5 Å². The molecule has 1 saturated heterocycles. The van der Waals surface area contributed by atoms with Crippen LogP contribution in [0.15, 0.2) is 42.5 Å². The predicted octanol–water partition coefficient (Wildman–Crippen LogP) is 3.91. The van der Waals surface area contributed by atoms with Gasteiger partial charge in [0, 0.05) is 19.0 Å². The number of nitrogens with one attached hydrogen (secondary N) is 1. The Morgan fingerprint density at radius 1 is 1.27 bits per heavy atom. The van der Waals surface area contributed by atoms with Gasteiger partial charge in [-0.3, -0.25) is 9.69 Å². The SMILES string of the molecule is C[C@@H](C(=O)NCc1ccc2c(c1)OCO2)N1CCC[C@@H](c2nc3ccccc3s2)C1. The van der Waals surface area contributed by atoms with E-state index >= 15 is 0 Å². The first-order chi connectivity index (χ1) is 14.7. The van der Waals surface area contributed by atoms with Gasteiger partial charge in [0.05, 0.1) is 21.3 Å². The summed E-state index contributed by atoms with van der Waals surface area (Å²) in [7, 11) is 0. The van der Waals surface area contributed by atoms with Crippen molar-refractivity contribution in [1.29, 1.82) is 0 Å². The van der Waals surface area contributed by atoms with E-state index in [9.17, 15) is 4.79 Å². The molecule has 5 rings (SSSR count).